The Morgan fingerprint density at radius 1 is 0.923 bits per heavy atom. The highest BCUT2D eigenvalue weighted by molar-refractivity contribution is 6.07. The second-order valence-electron chi connectivity index (χ2n) is 5.96. The van der Waals surface area contributed by atoms with E-state index in [4.69, 9.17) is 5.11 Å². The lowest BCUT2D eigenvalue weighted by Crippen LogP contribution is -2.00. The molecule has 0 spiro atoms. The summed E-state index contributed by atoms with van der Waals surface area (Å²) < 4.78 is 0. The number of allylic oxidation sites excluding steroid dienone is 1. The van der Waals surface area contributed by atoms with E-state index in [1.807, 2.05) is 48.5 Å². The molecule has 0 bridgehead atoms. The van der Waals surface area contributed by atoms with E-state index in [1.54, 1.807) is 18.2 Å². The molecule has 2 N–H and O–H groups in total. The Kier molecular flexibility index (Phi) is 5.56. The molecule has 0 saturated heterocycles. The van der Waals surface area contributed by atoms with Crippen molar-refractivity contribution in [1.29, 1.82) is 0 Å². The first kappa shape index (κ1) is 17.6. The second-order valence-corrected chi connectivity index (χ2v) is 5.96. The molecular formula is C22H19NO3. The molecule has 3 rings (SSSR count). The number of aliphatic hydroxyl groups is 2. The van der Waals surface area contributed by atoms with Crippen LogP contribution in [0.3, 0.4) is 0 Å². The number of carbonyl (C=O) groups is 1. The van der Waals surface area contributed by atoms with E-state index >= 15 is 0 Å². The Morgan fingerprint density at radius 3 is 2.46 bits per heavy atom. The number of rotatable bonds is 6. The molecular weight excluding hydrogens is 326 g/mol. The highest BCUT2D eigenvalue weighted by Gasteiger charge is 2.09. The molecule has 1 aromatic heterocycles. The summed E-state index contributed by atoms with van der Waals surface area (Å²) >= 11 is 0. The van der Waals surface area contributed by atoms with Crippen LogP contribution in [-0.2, 0) is 13.0 Å². The van der Waals surface area contributed by atoms with Gasteiger partial charge >= 0.3 is 0 Å². The molecule has 0 fully saturated rings. The SMILES string of the molecule is O=C(/C=C(\O)c1cc(CO)ccn1)c1cccc(Cc2ccccc2)c1. The van der Waals surface area contributed by atoms with Crippen LogP contribution in [0, 0.1) is 0 Å². The van der Waals surface area contributed by atoms with Gasteiger partial charge in [0, 0.05) is 17.8 Å². The lowest BCUT2D eigenvalue weighted by Gasteiger charge is -2.05. The van der Waals surface area contributed by atoms with E-state index < -0.39 is 0 Å². The summed E-state index contributed by atoms with van der Waals surface area (Å²) in [6.45, 7) is -0.154. The fourth-order valence-corrected chi connectivity index (χ4v) is 2.66. The summed E-state index contributed by atoms with van der Waals surface area (Å²) in [6.07, 6.45) is 3.37. The van der Waals surface area contributed by atoms with Gasteiger partial charge in [0.25, 0.3) is 0 Å². The topological polar surface area (TPSA) is 70.4 Å². The van der Waals surface area contributed by atoms with Gasteiger partial charge < -0.3 is 10.2 Å². The number of ketones is 1. The molecule has 26 heavy (non-hydrogen) atoms. The zero-order chi connectivity index (χ0) is 18.4. The number of aromatic nitrogens is 1. The number of carbonyl (C=O) groups excluding carboxylic acids is 1. The van der Waals surface area contributed by atoms with Crippen molar-refractivity contribution in [3.05, 3.63) is 107 Å². The summed E-state index contributed by atoms with van der Waals surface area (Å²) in [5.41, 5.74) is 3.57. The Labute approximate surface area is 152 Å². The lowest BCUT2D eigenvalue weighted by atomic mass is 10.0. The van der Waals surface area contributed by atoms with Crippen LogP contribution >= 0.6 is 0 Å². The van der Waals surface area contributed by atoms with Gasteiger partial charge in [0.2, 0.25) is 0 Å². The summed E-state index contributed by atoms with van der Waals surface area (Å²) in [6, 6.07) is 20.6. The minimum atomic E-state index is -0.298. The summed E-state index contributed by atoms with van der Waals surface area (Å²) in [5.74, 6) is -0.521. The van der Waals surface area contributed by atoms with E-state index in [1.165, 1.54) is 11.8 Å². The average molecular weight is 345 g/mol. The molecule has 0 atom stereocenters. The Hall–Kier alpha value is -3.24. The zero-order valence-corrected chi connectivity index (χ0v) is 14.2. The Morgan fingerprint density at radius 2 is 1.69 bits per heavy atom. The molecule has 4 nitrogen and oxygen atoms in total. The van der Waals surface area contributed by atoms with Crippen LogP contribution in [0.15, 0.2) is 79.0 Å². The maximum atomic E-state index is 12.5. The summed E-state index contributed by atoms with van der Waals surface area (Å²) in [7, 11) is 0. The molecule has 4 heteroatoms. The van der Waals surface area contributed by atoms with Gasteiger partial charge in [-0.25, -0.2) is 0 Å². The molecule has 0 aliphatic heterocycles. The normalized spacial score (nSPS) is 11.3. The number of hydrogen-bond acceptors (Lipinski definition) is 4. The van der Waals surface area contributed by atoms with Crippen LogP contribution in [0.25, 0.3) is 5.76 Å². The maximum Gasteiger partial charge on any atom is 0.189 e. The van der Waals surface area contributed by atoms with Gasteiger partial charge in [0.15, 0.2) is 5.78 Å². The van der Waals surface area contributed by atoms with E-state index in [-0.39, 0.29) is 23.8 Å². The van der Waals surface area contributed by atoms with Crippen LogP contribution < -0.4 is 0 Å². The fraction of sp³-hybridized carbons (Fsp3) is 0.0909. The van der Waals surface area contributed by atoms with Crippen molar-refractivity contribution >= 4 is 11.5 Å². The van der Waals surface area contributed by atoms with Crippen molar-refractivity contribution < 1.29 is 15.0 Å². The first-order valence-corrected chi connectivity index (χ1v) is 8.30. The number of hydrogen-bond donors (Lipinski definition) is 2. The van der Waals surface area contributed by atoms with Crippen LogP contribution in [-0.4, -0.2) is 21.0 Å². The number of pyridine rings is 1. The first-order chi connectivity index (χ1) is 12.7. The smallest absolute Gasteiger partial charge is 0.189 e. The quantitative estimate of drug-likeness (QED) is 0.403. The van der Waals surface area contributed by atoms with Crippen LogP contribution in [0.4, 0.5) is 0 Å². The maximum absolute atomic E-state index is 12.5. The zero-order valence-electron chi connectivity index (χ0n) is 14.2. The predicted molar refractivity (Wildman–Crippen MR) is 101 cm³/mol. The van der Waals surface area contributed by atoms with Crippen molar-refractivity contribution in [3.63, 3.8) is 0 Å². The Bertz CT molecular complexity index is 933. The minimum absolute atomic E-state index is 0.154. The highest BCUT2D eigenvalue weighted by Crippen LogP contribution is 2.15. The second kappa shape index (κ2) is 8.23. The molecule has 3 aromatic rings. The monoisotopic (exact) mass is 345 g/mol. The summed E-state index contributed by atoms with van der Waals surface area (Å²) in [4.78, 5) is 16.5. The van der Waals surface area contributed by atoms with Gasteiger partial charge in [-0.1, -0.05) is 48.5 Å². The first-order valence-electron chi connectivity index (χ1n) is 8.30. The van der Waals surface area contributed by atoms with Crippen LogP contribution in [0.2, 0.25) is 0 Å². The lowest BCUT2D eigenvalue weighted by molar-refractivity contribution is 0.104. The largest absolute Gasteiger partial charge is 0.506 e. The van der Waals surface area contributed by atoms with Crippen molar-refractivity contribution in [2.75, 3.05) is 0 Å². The van der Waals surface area contributed by atoms with Gasteiger partial charge in [0.05, 0.1) is 6.61 Å². The molecule has 0 saturated carbocycles. The van der Waals surface area contributed by atoms with E-state index in [9.17, 15) is 9.90 Å². The fourth-order valence-electron chi connectivity index (χ4n) is 2.66. The molecule has 1 heterocycles. The van der Waals surface area contributed by atoms with Crippen molar-refractivity contribution in [3.8, 4) is 0 Å². The van der Waals surface area contributed by atoms with E-state index in [0.29, 0.717) is 11.1 Å². The molecule has 130 valence electrons. The third-order valence-electron chi connectivity index (χ3n) is 4.00. The number of nitrogens with zero attached hydrogens (tertiary/aromatic N) is 1. The van der Waals surface area contributed by atoms with Gasteiger partial charge in [-0.3, -0.25) is 9.78 Å². The van der Waals surface area contributed by atoms with Crippen molar-refractivity contribution in [1.82, 2.24) is 4.98 Å². The van der Waals surface area contributed by atoms with Crippen LogP contribution in [0.5, 0.6) is 0 Å². The van der Waals surface area contributed by atoms with Crippen molar-refractivity contribution in [2.45, 2.75) is 13.0 Å². The summed E-state index contributed by atoms with van der Waals surface area (Å²) in [5, 5.41) is 19.3. The molecule has 0 amide bonds. The molecule has 0 unspecified atom stereocenters. The average Bonchev–Trinajstić information content (AvgIpc) is 2.69. The Balaban J connectivity index is 1.80. The minimum Gasteiger partial charge on any atom is -0.506 e. The number of benzene rings is 2. The highest BCUT2D eigenvalue weighted by atomic mass is 16.3. The molecule has 2 aromatic carbocycles. The van der Waals surface area contributed by atoms with Gasteiger partial charge in [-0.2, -0.15) is 0 Å². The van der Waals surface area contributed by atoms with Gasteiger partial charge in [-0.05, 0) is 41.3 Å². The van der Waals surface area contributed by atoms with Crippen molar-refractivity contribution in [2.24, 2.45) is 0 Å². The predicted octanol–water partition coefficient (Wildman–Crippen LogP) is 3.95. The van der Waals surface area contributed by atoms with E-state index in [0.717, 1.165) is 18.1 Å². The van der Waals surface area contributed by atoms with Gasteiger partial charge in [-0.15, -0.1) is 0 Å². The van der Waals surface area contributed by atoms with E-state index in [2.05, 4.69) is 4.98 Å². The molecule has 0 aliphatic carbocycles. The molecule has 0 radical (unpaired) electrons. The third kappa shape index (κ3) is 4.43. The molecule has 0 aliphatic rings. The van der Waals surface area contributed by atoms with Gasteiger partial charge in [0.1, 0.15) is 11.5 Å². The standard InChI is InChI=1S/C22H19NO3/c24-15-18-9-10-23-20(13-18)22(26)14-21(25)19-8-4-7-17(12-19)11-16-5-2-1-3-6-16/h1-10,12-14,24,26H,11,15H2/b22-14-. The van der Waals surface area contributed by atoms with Crippen LogP contribution in [0.1, 0.15) is 32.7 Å². The number of aliphatic hydroxyl groups excluding tert-OH is 2. The third-order valence-corrected chi connectivity index (χ3v) is 4.00.